The summed E-state index contributed by atoms with van der Waals surface area (Å²) in [6.45, 7) is 5.43. The molecule has 0 aliphatic carbocycles. The second kappa shape index (κ2) is 3.94. The van der Waals surface area contributed by atoms with Crippen molar-refractivity contribution < 1.29 is 9.90 Å². The van der Waals surface area contributed by atoms with Crippen LogP contribution in [0.4, 0.5) is 4.79 Å². The van der Waals surface area contributed by atoms with Crippen LogP contribution in [-0.2, 0) is 0 Å². The molecule has 2 N–H and O–H groups in total. The quantitative estimate of drug-likeness (QED) is 0.728. The number of aryl methyl sites for hydroxylation is 2. The van der Waals surface area contributed by atoms with Crippen LogP contribution in [0.25, 0.3) is 0 Å². The van der Waals surface area contributed by atoms with Gasteiger partial charge in [0.15, 0.2) is 0 Å². The van der Waals surface area contributed by atoms with Gasteiger partial charge >= 0.3 is 6.09 Å². The summed E-state index contributed by atoms with van der Waals surface area (Å²) in [5, 5.41) is 10.6. The van der Waals surface area contributed by atoms with Crippen molar-refractivity contribution >= 4 is 6.09 Å². The Kier molecular flexibility index (Phi) is 2.90. The molecule has 0 saturated heterocycles. The van der Waals surface area contributed by atoms with Gasteiger partial charge in [-0.25, -0.2) is 4.79 Å². The monoisotopic (exact) mass is 178 g/mol. The smallest absolute Gasteiger partial charge is 0.405 e. The number of hydrogen-bond donors (Lipinski definition) is 2. The zero-order valence-electron chi connectivity index (χ0n) is 7.66. The van der Waals surface area contributed by atoms with Gasteiger partial charge in [-0.05, 0) is 25.0 Å². The minimum Gasteiger partial charge on any atom is -0.465 e. The van der Waals surface area contributed by atoms with Gasteiger partial charge in [0, 0.05) is 0 Å². The third kappa shape index (κ3) is 2.78. The number of benzene rings is 1. The van der Waals surface area contributed by atoms with E-state index in [1.807, 2.05) is 32.0 Å². The molecule has 69 valence electrons. The molecule has 1 amide bonds. The van der Waals surface area contributed by atoms with Gasteiger partial charge in [-0.2, -0.15) is 0 Å². The highest BCUT2D eigenvalue weighted by molar-refractivity contribution is 5.66. The Morgan fingerprint density at radius 2 is 2.15 bits per heavy atom. The molecule has 1 radical (unpaired) electrons. The zero-order valence-corrected chi connectivity index (χ0v) is 7.66. The van der Waals surface area contributed by atoms with Gasteiger partial charge in [-0.15, -0.1) is 0 Å². The summed E-state index contributed by atoms with van der Waals surface area (Å²) >= 11 is 0. The van der Waals surface area contributed by atoms with Crippen LogP contribution >= 0.6 is 0 Å². The lowest BCUT2D eigenvalue weighted by Gasteiger charge is -2.05. The lowest BCUT2D eigenvalue weighted by atomic mass is 10.1. The second-order valence-corrected chi connectivity index (χ2v) is 2.95. The highest BCUT2D eigenvalue weighted by Gasteiger charge is 2.00. The van der Waals surface area contributed by atoms with Crippen molar-refractivity contribution in [3.05, 3.63) is 41.4 Å². The fourth-order valence-corrected chi connectivity index (χ4v) is 1.13. The average Bonchev–Trinajstić information content (AvgIpc) is 2.02. The molecule has 3 nitrogen and oxygen atoms in total. The van der Waals surface area contributed by atoms with Gasteiger partial charge in [-0.1, -0.05) is 23.8 Å². The van der Waals surface area contributed by atoms with Crippen LogP contribution in [0, 0.1) is 20.4 Å². The fourth-order valence-electron chi connectivity index (χ4n) is 1.13. The minimum absolute atomic E-state index is 0.896. The first-order chi connectivity index (χ1) is 6.09. The molecule has 0 aliphatic heterocycles. The summed E-state index contributed by atoms with van der Waals surface area (Å²) in [6, 6.07) is 5.85. The third-order valence-corrected chi connectivity index (χ3v) is 1.78. The maximum absolute atomic E-state index is 10.2. The molecule has 0 atom stereocenters. The molecule has 0 aliphatic rings. The predicted molar refractivity (Wildman–Crippen MR) is 50.5 cm³/mol. The highest BCUT2D eigenvalue weighted by Crippen LogP contribution is 2.10. The Morgan fingerprint density at radius 1 is 1.46 bits per heavy atom. The van der Waals surface area contributed by atoms with Crippen LogP contribution in [-0.4, -0.2) is 11.2 Å². The standard InChI is InChI=1S/C10H12NO2/c1-7-3-4-9(8(2)5-7)6-11-10(12)13/h3-6,11H,1-2H3,(H,12,13). The van der Waals surface area contributed by atoms with E-state index in [0.717, 1.165) is 11.1 Å². The van der Waals surface area contributed by atoms with Crippen LogP contribution in [0.3, 0.4) is 0 Å². The largest absolute Gasteiger partial charge is 0.465 e. The second-order valence-electron chi connectivity index (χ2n) is 2.95. The Bertz CT molecular complexity index is 321. The van der Waals surface area contributed by atoms with Crippen LogP contribution in [0.1, 0.15) is 16.7 Å². The molecule has 0 aromatic heterocycles. The van der Waals surface area contributed by atoms with Crippen molar-refractivity contribution in [3.8, 4) is 0 Å². The number of carboxylic acid groups (broad SMARTS) is 1. The van der Waals surface area contributed by atoms with E-state index in [1.54, 1.807) is 0 Å². The molecule has 0 unspecified atom stereocenters. The van der Waals surface area contributed by atoms with Gasteiger partial charge in [0.2, 0.25) is 0 Å². The van der Waals surface area contributed by atoms with Gasteiger partial charge in [0.1, 0.15) is 0 Å². The maximum atomic E-state index is 10.2. The highest BCUT2D eigenvalue weighted by atomic mass is 16.4. The van der Waals surface area contributed by atoms with Gasteiger partial charge in [0.25, 0.3) is 0 Å². The van der Waals surface area contributed by atoms with Crippen LogP contribution in [0.15, 0.2) is 18.2 Å². The summed E-state index contributed by atoms with van der Waals surface area (Å²) in [5.74, 6) is 0. The first kappa shape index (κ1) is 9.58. The van der Waals surface area contributed by atoms with E-state index in [9.17, 15) is 4.79 Å². The fraction of sp³-hybridized carbons (Fsp3) is 0.200. The van der Waals surface area contributed by atoms with E-state index in [-0.39, 0.29) is 0 Å². The van der Waals surface area contributed by atoms with Crippen molar-refractivity contribution in [1.29, 1.82) is 0 Å². The number of rotatable bonds is 2. The van der Waals surface area contributed by atoms with Crippen molar-refractivity contribution in [2.45, 2.75) is 13.8 Å². The molecule has 1 aromatic carbocycles. The van der Waals surface area contributed by atoms with Gasteiger partial charge in [0.05, 0.1) is 6.54 Å². The molecular weight excluding hydrogens is 166 g/mol. The summed E-state index contributed by atoms with van der Waals surface area (Å²) < 4.78 is 0. The molecular formula is C10H12NO2. The molecule has 0 bridgehead atoms. The molecule has 0 spiro atoms. The lowest BCUT2D eigenvalue weighted by molar-refractivity contribution is 0.197. The molecule has 1 aromatic rings. The molecule has 3 heteroatoms. The SMILES string of the molecule is Cc1ccc([CH]NC(=O)O)c(C)c1. The summed E-state index contributed by atoms with van der Waals surface area (Å²) in [7, 11) is 0. The molecule has 0 heterocycles. The van der Waals surface area contributed by atoms with Crippen LogP contribution in [0.2, 0.25) is 0 Å². The molecule has 1 rings (SSSR count). The normalized spacial score (nSPS) is 9.69. The van der Waals surface area contributed by atoms with E-state index in [1.165, 1.54) is 12.1 Å². The summed E-state index contributed by atoms with van der Waals surface area (Å²) in [6.07, 6.45) is -1.04. The van der Waals surface area contributed by atoms with Gasteiger partial charge < -0.3 is 10.4 Å². The summed E-state index contributed by atoms with van der Waals surface area (Å²) in [5.41, 5.74) is 3.13. The molecule has 0 fully saturated rings. The Balaban J connectivity index is 2.72. The van der Waals surface area contributed by atoms with Crippen molar-refractivity contribution in [2.24, 2.45) is 0 Å². The third-order valence-electron chi connectivity index (χ3n) is 1.78. The van der Waals surface area contributed by atoms with E-state index in [2.05, 4.69) is 5.32 Å². The maximum Gasteiger partial charge on any atom is 0.405 e. The zero-order chi connectivity index (χ0) is 9.84. The average molecular weight is 178 g/mol. The first-order valence-electron chi connectivity index (χ1n) is 3.99. The van der Waals surface area contributed by atoms with E-state index in [4.69, 9.17) is 5.11 Å². The van der Waals surface area contributed by atoms with E-state index in [0.29, 0.717) is 0 Å². The van der Waals surface area contributed by atoms with E-state index < -0.39 is 6.09 Å². The summed E-state index contributed by atoms with van der Waals surface area (Å²) in [4.78, 5) is 10.2. The van der Waals surface area contributed by atoms with Crippen LogP contribution < -0.4 is 5.32 Å². The number of carbonyl (C=O) groups is 1. The van der Waals surface area contributed by atoms with Gasteiger partial charge in [-0.3, -0.25) is 0 Å². The topological polar surface area (TPSA) is 49.3 Å². The minimum atomic E-state index is -1.04. The predicted octanol–water partition coefficient (Wildman–Crippen LogP) is 2.08. The first-order valence-corrected chi connectivity index (χ1v) is 3.99. The number of hydrogen-bond acceptors (Lipinski definition) is 1. The van der Waals surface area contributed by atoms with Crippen LogP contribution in [0.5, 0.6) is 0 Å². The van der Waals surface area contributed by atoms with Crippen molar-refractivity contribution in [2.75, 3.05) is 0 Å². The lowest BCUT2D eigenvalue weighted by Crippen LogP contribution is -2.18. The molecule has 13 heavy (non-hydrogen) atoms. The Labute approximate surface area is 77.4 Å². The molecule has 0 saturated carbocycles. The number of nitrogens with one attached hydrogen (secondary N) is 1. The van der Waals surface area contributed by atoms with Crippen molar-refractivity contribution in [1.82, 2.24) is 5.32 Å². The Hall–Kier alpha value is -1.51. The Morgan fingerprint density at radius 3 is 2.69 bits per heavy atom. The van der Waals surface area contributed by atoms with Crippen molar-refractivity contribution in [3.63, 3.8) is 0 Å². The number of amides is 1. The van der Waals surface area contributed by atoms with E-state index >= 15 is 0 Å².